The molecular weight excluding hydrogens is 212 g/mol. The molecule has 2 aliphatic heterocycles. The van der Waals surface area contributed by atoms with E-state index in [9.17, 15) is 0 Å². The molecule has 0 saturated heterocycles. The lowest BCUT2D eigenvalue weighted by molar-refractivity contribution is 0.236. The fourth-order valence-corrected chi connectivity index (χ4v) is 3.38. The molecule has 1 aliphatic carbocycles. The predicted molar refractivity (Wildman–Crippen MR) is 68.6 cm³/mol. The number of rotatable bonds is 0. The summed E-state index contributed by atoms with van der Waals surface area (Å²) in [6.45, 7) is 9.03. The standard InChI is InChI=1S/C14H22N2O/c1-9-8-10(2)16-11-6-5-7-14(3,4)12(11)17-13(16)15-9/h9-10H,5-8H2,1-4H3. The zero-order chi connectivity index (χ0) is 12.2. The number of hydrogen-bond acceptors (Lipinski definition) is 3. The zero-order valence-electron chi connectivity index (χ0n) is 11.3. The summed E-state index contributed by atoms with van der Waals surface area (Å²) < 4.78 is 6.08. The van der Waals surface area contributed by atoms with E-state index in [-0.39, 0.29) is 5.41 Å². The van der Waals surface area contributed by atoms with E-state index in [1.54, 1.807) is 0 Å². The van der Waals surface area contributed by atoms with Crippen molar-refractivity contribution in [3.63, 3.8) is 0 Å². The molecule has 3 aliphatic rings. The maximum atomic E-state index is 6.08. The third kappa shape index (κ3) is 1.59. The first-order chi connectivity index (χ1) is 7.99. The Morgan fingerprint density at radius 1 is 1.35 bits per heavy atom. The average molecular weight is 234 g/mol. The van der Waals surface area contributed by atoms with Gasteiger partial charge in [-0.15, -0.1) is 0 Å². The van der Waals surface area contributed by atoms with Gasteiger partial charge in [0, 0.05) is 11.5 Å². The van der Waals surface area contributed by atoms with Gasteiger partial charge in [0.15, 0.2) is 0 Å². The van der Waals surface area contributed by atoms with Gasteiger partial charge in [0.1, 0.15) is 5.76 Å². The lowest BCUT2D eigenvalue weighted by Gasteiger charge is -2.34. The first-order valence-electron chi connectivity index (χ1n) is 6.77. The number of amidine groups is 1. The average Bonchev–Trinajstić information content (AvgIpc) is 2.57. The minimum atomic E-state index is 0.177. The van der Waals surface area contributed by atoms with Crippen LogP contribution >= 0.6 is 0 Å². The number of nitrogens with zero attached hydrogens (tertiary/aromatic N) is 2. The van der Waals surface area contributed by atoms with Crippen molar-refractivity contribution in [3.8, 4) is 0 Å². The molecule has 0 aromatic carbocycles. The molecule has 94 valence electrons. The molecule has 0 aromatic rings. The summed E-state index contributed by atoms with van der Waals surface area (Å²) >= 11 is 0. The van der Waals surface area contributed by atoms with Gasteiger partial charge in [-0.3, -0.25) is 4.90 Å². The summed E-state index contributed by atoms with van der Waals surface area (Å²) in [5.41, 5.74) is 1.58. The third-order valence-electron chi connectivity index (χ3n) is 4.24. The first kappa shape index (κ1) is 11.1. The van der Waals surface area contributed by atoms with Crippen LogP contribution in [0.15, 0.2) is 16.4 Å². The van der Waals surface area contributed by atoms with Gasteiger partial charge in [-0.05, 0) is 39.5 Å². The molecule has 0 bridgehead atoms. The van der Waals surface area contributed by atoms with Crippen LogP contribution in [0.5, 0.6) is 0 Å². The first-order valence-corrected chi connectivity index (χ1v) is 6.77. The molecule has 3 nitrogen and oxygen atoms in total. The lowest BCUT2D eigenvalue weighted by atomic mass is 9.79. The van der Waals surface area contributed by atoms with Crippen molar-refractivity contribution < 1.29 is 4.74 Å². The SMILES string of the molecule is CC1CC(C)N2C(=N1)OC1=C2CCCC1(C)C. The lowest BCUT2D eigenvalue weighted by Crippen LogP contribution is -2.41. The Bertz CT molecular complexity index is 408. The topological polar surface area (TPSA) is 24.8 Å². The molecule has 0 N–H and O–H groups in total. The van der Waals surface area contributed by atoms with E-state index in [1.807, 2.05) is 0 Å². The highest BCUT2D eigenvalue weighted by molar-refractivity contribution is 5.81. The molecule has 2 atom stereocenters. The molecule has 0 radical (unpaired) electrons. The molecule has 0 aromatic heterocycles. The van der Waals surface area contributed by atoms with E-state index in [4.69, 9.17) is 4.74 Å². The number of hydrogen-bond donors (Lipinski definition) is 0. The zero-order valence-corrected chi connectivity index (χ0v) is 11.3. The molecule has 2 unspecified atom stereocenters. The van der Waals surface area contributed by atoms with Crippen LogP contribution in [0.1, 0.15) is 53.4 Å². The molecule has 2 heterocycles. The fourth-order valence-electron chi connectivity index (χ4n) is 3.38. The van der Waals surface area contributed by atoms with E-state index < -0.39 is 0 Å². The predicted octanol–water partition coefficient (Wildman–Crippen LogP) is 3.28. The summed E-state index contributed by atoms with van der Waals surface area (Å²) in [5.74, 6) is 1.18. The van der Waals surface area contributed by atoms with Crippen molar-refractivity contribution in [2.24, 2.45) is 10.4 Å². The second-order valence-electron chi connectivity index (χ2n) is 6.33. The van der Waals surface area contributed by atoms with E-state index in [2.05, 4.69) is 37.6 Å². The molecule has 0 amide bonds. The second kappa shape index (κ2) is 3.50. The van der Waals surface area contributed by atoms with Crippen LogP contribution in [0.25, 0.3) is 0 Å². The summed E-state index contributed by atoms with van der Waals surface area (Å²) in [5, 5.41) is 0. The van der Waals surface area contributed by atoms with E-state index in [1.165, 1.54) is 24.3 Å². The highest BCUT2D eigenvalue weighted by atomic mass is 16.5. The van der Waals surface area contributed by atoms with Crippen LogP contribution in [0.3, 0.4) is 0 Å². The number of allylic oxidation sites excluding steroid dienone is 2. The van der Waals surface area contributed by atoms with Crippen LogP contribution in [-0.4, -0.2) is 23.0 Å². The van der Waals surface area contributed by atoms with Crippen LogP contribution in [0.4, 0.5) is 0 Å². The van der Waals surface area contributed by atoms with Gasteiger partial charge in [-0.2, -0.15) is 0 Å². The molecule has 0 fully saturated rings. The molecule has 3 rings (SSSR count). The molecule has 17 heavy (non-hydrogen) atoms. The Kier molecular flexibility index (Phi) is 2.29. The summed E-state index contributed by atoms with van der Waals surface area (Å²) in [6, 6.07) is 1.77. The summed E-state index contributed by atoms with van der Waals surface area (Å²) in [7, 11) is 0. The monoisotopic (exact) mass is 234 g/mol. The Hall–Kier alpha value is -0.990. The second-order valence-corrected chi connectivity index (χ2v) is 6.33. The van der Waals surface area contributed by atoms with Crippen LogP contribution in [0.2, 0.25) is 0 Å². The number of aliphatic imine (C=N–C) groups is 1. The minimum absolute atomic E-state index is 0.177. The van der Waals surface area contributed by atoms with Gasteiger partial charge in [-0.25, -0.2) is 4.99 Å². The van der Waals surface area contributed by atoms with Gasteiger partial charge < -0.3 is 4.74 Å². The van der Waals surface area contributed by atoms with E-state index in [0.717, 1.165) is 18.9 Å². The fraction of sp³-hybridized carbons (Fsp3) is 0.786. The Morgan fingerprint density at radius 3 is 2.88 bits per heavy atom. The maximum absolute atomic E-state index is 6.08. The van der Waals surface area contributed by atoms with Crippen molar-refractivity contribution in [2.75, 3.05) is 0 Å². The molecule has 0 saturated carbocycles. The summed E-state index contributed by atoms with van der Waals surface area (Å²) in [4.78, 5) is 7.01. The van der Waals surface area contributed by atoms with Gasteiger partial charge >= 0.3 is 0 Å². The van der Waals surface area contributed by atoms with Gasteiger partial charge in [0.05, 0.1) is 11.7 Å². The molecule has 0 spiro atoms. The van der Waals surface area contributed by atoms with E-state index >= 15 is 0 Å². The quantitative estimate of drug-likeness (QED) is 0.642. The highest BCUT2D eigenvalue weighted by Crippen LogP contribution is 2.47. The normalized spacial score (nSPS) is 35.1. The van der Waals surface area contributed by atoms with Crippen molar-refractivity contribution in [1.82, 2.24) is 4.90 Å². The third-order valence-corrected chi connectivity index (χ3v) is 4.24. The van der Waals surface area contributed by atoms with Gasteiger partial charge in [0.25, 0.3) is 6.02 Å². The Balaban J connectivity index is 2.03. The van der Waals surface area contributed by atoms with E-state index in [0.29, 0.717) is 12.1 Å². The van der Waals surface area contributed by atoms with Crippen molar-refractivity contribution in [1.29, 1.82) is 0 Å². The van der Waals surface area contributed by atoms with Crippen molar-refractivity contribution in [3.05, 3.63) is 11.5 Å². The van der Waals surface area contributed by atoms with Crippen LogP contribution < -0.4 is 0 Å². The van der Waals surface area contributed by atoms with Crippen molar-refractivity contribution in [2.45, 2.75) is 65.5 Å². The summed E-state index contributed by atoms with van der Waals surface area (Å²) in [6.07, 6.45) is 4.76. The van der Waals surface area contributed by atoms with Crippen LogP contribution in [-0.2, 0) is 4.74 Å². The highest BCUT2D eigenvalue weighted by Gasteiger charge is 2.44. The smallest absolute Gasteiger partial charge is 0.297 e. The van der Waals surface area contributed by atoms with Gasteiger partial charge in [0.2, 0.25) is 0 Å². The molecule has 3 heteroatoms. The molecular formula is C14H22N2O. The Labute approximate surface area is 104 Å². The minimum Gasteiger partial charge on any atom is -0.428 e. The maximum Gasteiger partial charge on any atom is 0.297 e. The Morgan fingerprint density at radius 2 is 2.12 bits per heavy atom. The number of fused-ring (bicyclic) bond motifs is 2. The van der Waals surface area contributed by atoms with Crippen molar-refractivity contribution >= 4 is 6.02 Å². The van der Waals surface area contributed by atoms with Gasteiger partial charge in [-0.1, -0.05) is 13.8 Å². The number of ether oxygens (including phenoxy) is 1. The largest absolute Gasteiger partial charge is 0.428 e. The van der Waals surface area contributed by atoms with Crippen LogP contribution in [0, 0.1) is 5.41 Å².